The van der Waals surface area contributed by atoms with E-state index < -0.39 is 0 Å². The smallest absolute Gasteiger partial charge is 0.261 e. The lowest BCUT2D eigenvalue weighted by Gasteiger charge is -2.26. The molecule has 7 heteroatoms. The second kappa shape index (κ2) is 9.38. The molecule has 3 aromatic carbocycles. The molecule has 0 saturated heterocycles. The van der Waals surface area contributed by atoms with Crippen molar-refractivity contribution in [3.05, 3.63) is 107 Å². The number of ether oxygens (including phenoxy) is 2. The largest absolute Gasteiger partial charge is 0.497 e. The number of carbonyl (C=O) groups excluding carboxylic acids is 1. The fourth-order valence-corrected chi connectivity index (χ4v) is 4.10. The summed E-state index contributed by atoms with van der Waals surface area (Å²) in [5.41, 5.74) is 5.15. The van der Waals surface area contributed by atoms with Gasteiger partial charge in [-0.05, 0) is 72.7 Å². The number of aryl methyl sites for hydroxylation is 1. The molecule has 0 fully saturated rings. The molecule has 176 valence electrons. The normalized spacial score (nSPS) is 14.4. The van der Waals surface area contributed by atoms with Crippen LogP contribution < -0.4 is 20.1 Å². The molecule has 0 spiro atoms. The lowest BCUT2D eigenvalue weighted by atomic mass is 10.0. The molecule has 1 atom stereocenters. The molecule has 0 radical (unpaired) electrons. The van der Waals surface area contributed by atoms with Gasteiger partial charge in [-0.15, -0.1) is 0 Å². The van der Waals surface area contributed by atoms with Crippen LogP contribution >= 0.6 is 0 Å². The van der Waals surface area contributed by atoms with Crippen LogP contribution in [0.2, 0.25) is 0 Å². The van der Waals surface area contributed by atoms with Gasteiger partial charge in [0.05, 0.1) is 26.5 Å². The molecule has 1 aliphatic rings. The quantitative estimate of drug-likeness (QED) is 0.391. The highest BCUT2D eigenvalue weighted by Crippen LogP contribution is 2.36. The molecule has 35 heavy (non-hydrogen) atoms. The third kappa shape index (κ3) is 4.48. The van der Waals surface area contributed by atoms with Crippen molar-refractivity contribution in [1.82, 2.24) is 9.78 Å². The number of nitrogens with one attached hydrogen (secondary N) is 2. The van der Waals surface area contributed by atoms with Gasteiger partial charge in [-0.3, -0.25) is 4.79 Å². The molecule has 1 amide bonds. The number of aromatic nitrogens is 2. The Balaban J connectivity index is 1.55. The molecule has 0 aliphatic carbocycles. The first-order chi connectivity index (χ1) is 17.1. The van der Waals surface area contributed by atoms with Gasteiger partial charge < -0.3 is 20.1 Å². The van der Waals surface area contributed by atoms with E-state index in [0.29, 0.717) is 11.4 Å². The number of nitrogens with zero attached hydrogens (tertiary/aromatic N) is 2. The van der Waals surface area contributed by atoms with Crippen molar-refractivity contribution >= 4 is 23.1 Å². The summed E-state index contributed by atoms with van der Waals surface area (Å²) in [6.45, 7) is 2.01. The topological polar surface area (TPSA) is 77.4 Å². The molecule has 0 bridgehead atoms. The number of rotatable bonds is 6. The van der Waals surface area contributed by atoms with Gasteiger partial charge in [0.25, 0.3) is 5.91 Å². The highest BCUT2D eigenvalue weighted by atomic mass is 16.5. The number of allylic oxidation sites excluding steroid dienone is 1. The predicted octanol–water partition coefficient (Wildman–Crippen LogP) is 5.52. The Bertz CT molecular complexity index is 1390. The second-order valence-corrected chi connectivity index (χ2v) is 8.33. The minimum atomic E-state index is -0.237. The average Bonchev–Trinajstić information content (AvgIpc) is 3.34. The third-order valence-corrected chi connectivity index (χ3v) is 6.03. The van der Waals surface area contributed by atoms with Crippen LogP contribution in [0.5, 0.6) is 11.5 Å². The van der Waals surface area contributed by atoms with Gasteiger partial charge in [0.2, 0.25) is 0 Å². The standard InChI is InChI=1S/C28H26N4O3/c1-18-7-11-21(12-8-18)30-28(33)24-17-29-32-26(20-5-4-6-23(15-20)35-3)16-25(31-27(24)32)19-9-13-22(34-2)14-10-19/h4-17,26,31H,1-3H3,(H,30,33)/t26-/m0/s1. The molecular formula is C28H26N4O3. The van der Waals surface area contributed by atoms with E-state index in [4.69, 9.17) is 9.47 Å². The van der Waals surface area contributed by atoms with Crippen LogP contribution in [0.15, 0.2) is 85.1 Å². The minimum absolute atomic E-state index is 0.233. The first kappa shape index (κ1) is 22.3. The van der Waals surface area contributed by atoms with E-state index >= 15 is 0 Å². The molecule has 5 rings (SSSR count). The third-order valence-electron chi connectivity index (χ3n) is 6.03. The maximum atomic E-state index is 13.2. The maximum Gasteiger partial charge on any atom is 0.261 e. The van der Waals surface area contributed by atoms with E-state index in [1.165, 1.54) is 0 Å². The van der Waals surface area contributed by atoms with Gasteiger partial charge in [-0.25, -0.2) is 4.68 Å². The van der Waals surface area contributed by atoms with Gasteiger partial charge >= 0.3 is 0 Å². The van der Waals surface area contributed by atoms with E-state index in [1.807, 2.05) is 84.4 Å². The monoisotopic (exact) mass is 466 g/mol. The summed E-state index contributed by atoms with van der Waals surface area (Å²) in [5, 5.41) is 11.0. The summed E-state index contributed by atoms with van der Waals surface area (Å²) in [6.07, 6.45) is 3.70. The summed E-state index contributed by atoms with van der Waals surface area (Å²) in [4.78, 5) is 13.2. The van der Waals surface area contributed by atoms with Crippen LogP contribution in [0.3, 0.4) is 0 Å². The first-order valence-electron chi connectivity index (χ1n) is 11.3. The highest BCUT2D eigenvalue weighted by Gasteiger charge is 2.28. The van der Waals surface area contributed by atoms with Gasteiger partial charge in [-0.2, -0.15) is 5.10 Å². The van der Waals surface area contributed by atoms with E-state index in [1.54, 1.807) is 20.4 Å². The molecule has 0 saturated carbocycles. The average molecular weight is 467 g/mol. The number of benzene rings is 3. The number of carbonyl (C=O) groups is 1. The van der Waals surface area contributed by atoms with E-state index in [9.17, 15) is 4.79 Å². The van der Waals surface area contributed by atoms with Crippen LogP contribution in [0.4, 0.5) is 11.5 Å². The molecule has 2 N–H and O–H groups in total. The Morgan fingerprint density at radius 1 is 0.971 bits per heavy atom. The maximum absolute atomic E-state index is 13.2. The van der Waals surface area contributed by atoms with Crippen LogP contribution in [0, 0.1) is 6.92 Å². The zero-order chi connectivity index (χ0) is 24.4. The first-order valence-corrected chi connectivity index (χ1v) is 11.3. The SMILES string of the molecule is COc1ccc(C2=C[C@@H](c3cccc(OC)c3)n3ncc(C(=O)Nc4ccc(C)cc4)c3N2)cc1. The molecule has 7 nitrogen and oxygen atoms in total. The molecule has 1 aliphatic heterocycles. The van der Waals surface area contributed by atoms with Gasteiger partial charge in [0, 0.05) is 11.4 Å². The summed E-state index contributed by atoms with van der Waals surface area (Å²) in [5.74, 6) is 1.92. The lowest BCUT2D eigenvalue weighted by molar-refractivity contribution is 0.102. The Morgan fingerprint density at radius 3 is 2.43 bits per heavy atom. The van der Waals surface area contributed by atoms with E-state index in [0.717, 1.165) is 39.6 Å². The summed E-state index contributed by atoms with van der Waals surface area (Å²) in [6, 6.07) is 23.1. The summed E-state index contributed by atoms with van der Waals surface area (Å²) >= 11 is 0. The molecule has 0 unspecified atom stereocenters. The molecule has 4 aromatic rings. The zero-order valence-corrected chi connectivity index (χ0v) is 19.8. The van der Waals surface area contributed by atoms with Crippen LogP contribution in [-0.4, -0.2) is 29.9 Å². The van der Waals surface area contributed by atoms with Crippen molar-refractivity contribution in [3.8, 4) is 11.5 Å². The van der Waals surface area contributed by atoms with Crippen LogP contribution in [-0.2, 0) is 0 Å². The number of amides is 1. The van der Waals surface area contributed by atoms with E-state index in [-0.39, 0.29) is 11.9 Å². The Labute approximate surface area is 204 Å². The van der Waals surface area contributed by atoms with E-state index in [2.05, 4.69) is 21.8 Å². The van der Waals surface area contributed by atoms with Crippen molar-refractivity contribution in [1.29, 1.82) is 0 Å². The van der Waals surface area contributed by atoms with Gasteiger partial charge in [0.1, 0.15) is 22.9 Å². The van der Waals surface area contributed by atoms with Crippen molar-refractivity contribution in [2.75, 3.05) is 24.9 Å². The van der Waals surface area contributed by atoms with Crippen molar-refractivity contribution in [3.63, 3.8) is 0 Å². The Morgan fingerprint density at radius 2 is 1.71 bits per heavy atom. The highest BCUT2D eigenvalue weighted by molar-refractivity contribution is 6.08. The van der Waals surface area contributed by atoms with Gasteiger partial charge in [0.15, 0.2) is 0 Å². The lowest BCUT2D eigenvalue weighted by Crippen LogP contribution is -2.22. The molecular weight excluding hydrogens is 440 g/mol. The number of hydrogen-bond donors (Lipinski definition) is 2. The fraction of sp³-hybridized carbons (Fsp3) is 0.143. The van der Waals surface area contributed by atoms with Gasteiger partial charge in [-0.1, -0.05) is 29.8 Å². The Hall–Kier alpha value is -4.52. The second-order valence-electron chi connectivity index (χ2n) is 8.33. The van der Waals surface area contributed by atoms with Crippen molar-refractivity contribution in [2.45, 2.75) is 13.0 Å². The van der Waals surface area contributed by atoms with Crippen LogP contribution in [0.25, 0.3) is 5.70 Å². The number of fused-ring (bicyclic) bond motifs is 1. The summed E-state index contributed by atoms with van der Waals surface area (Å²) in [7, 11) is 3.29. The predicted molar refractivity (Wildman–Crippen MR) is 137 cm³/mol. The molecule has 1 aromatic heterocycles. The van der Waals surface area contributed by atoms with Crippen LogP contribution in [0.1, 0.15) is 33.1 Å². The number of anilines is 2. The zero-order valence-electron chi connectivity index (χ0n) is 19.8. The summed E-state index contributed by atoms with van der Waals surface area (Å²) < 4.78 is 12.6. The fourth-order valence-electron chi connectivity index (χ4n) is 4.10. The van der Waals surface area contributed by atoms with Crippen molar-refractivity contribution in [2.24, 2.45) is 0 Å². The minimum Gasteiger partial charge on any atom is -0.497 e. The Kier molecular flexibility index (Phi) is 5.97. The number of hydrogen-bond acceptors (Lipinski definition) is 5. The van der Waals surface area contributed by atoms with Crippen molar-refractivity contribution < 1.29 is 14.3 Å². The molecule has 2 heterocycles. The number of methoxy groups -OCH3 is 2.